The Morgan fingerprint density at radius 2 is 1.93 bits per heavy atom. The summed E-state index contributed by atoms with van der Waals surface area (Å²) >= 11 is 0. The van der Waals surface area contributed by atoms with Crippen molar-refractivity contribution in [3.8, 4) is 23.0 Å². The van der Waals surface area contributed by atoms with Crippen molar-refractivity contribution in [3.05, 3.63) is 42.5 Å². The van der Waals surface area contributed by atoms with Gasteiger partial charge in [-0.25, -0.2) is 0 Å². The Balaban J connectivity index is 1.22. The lowest BCUT2D eigenvalue weighted by molar-refractivity contribution is 0.0856. The predicted molar refractivity (Wildman–Crippen MR) is 109 cm³/mol. The number of hydrogen-bond donors (Lipinski definition) is 2. The van der Waals surface area contributed by atoms with Gasteiger partial charge in [0.15, 0.2) is 11.5 Å². The highest BCUT2D eigenvalue weighted by molar-refractivity contribution is 5.58. The zero-order valence-electron chi connectivity index (χ0n) is 16.3. The fraction of sp³-hybridized carbons (Fsp3) is 0.455. The van der Waals surface area contributed by atoms with Crippen LogP contribution >= 0.6 is 0 Å². The van der Waals surface area contributed by atoms with Gasteiger partial charge in [-0.1, -0.05) is 18.2 Å². The zero-order valence-corrected chi connectivity index (χ0v) is 16.3. The highest BCUT2D eigenvalue weighted by atomic mass is 16.6. The molecule has 6 heteroatoms. The molecule has 0 spiro atoms. The van der Waals surface area contributed by atoms with Crippen LogP contribution in [0.2, 0.25) is 0 Å². The lowest BCUT2D eigenvalue weighted by Gasteiger charge is -2.34. The number of rotatable bonds is 6. The van der Waals surface area contributed by atoms with Crippen LogP contribution in [-0.4, -0.2) is 51.1 Å². The smallest absolute Gasteiger partial charge is 0.203 e. The van der Waals surface area contributed by atoms with Gasteiger partial charge in [-0.2, -0.15) is 0 Å². The van der Waals surface area contributed by atoms with Crippen molar-refractivity contribution >= 4 is 5.69 Å². The molecule has 2 aliphatic heterocycles. The summed E-state index contributed by atoms with van der Waals surface area (Å²) in [5.74, 6) is 2.78. The Morgan fingerprint density at radius 3 is 2.75 bits per heavy atom. The number of ether oxygens (including phenoxy) is 3. The zero-order chi connectivity index (χ0) is 19.3. The van der Waals surface area contributed by atoms with Crippen LogP contribution in [0.15, 0.2) is 42.5 Å². The third-order valence-corrected chi connectivity index (χ3v) is 5.51. The lowest BCUT2D eigenvalue weighted by Crippen LogP contribution is -2.42. The quantitative estimate of drug-likeness (QED) is 0.798. The van der Waals surface area contributed by atoms with Crippen molar-refractivity contribution in [2.45, 2.75) is 18.9 Å². The Morgan fingerprint density at radius 1 is 1.11 bits per heavy atom. The van der Waals surface area contributed by atoms with Crippen molar-refractivity contribution < 1.29 is 19.3 Å². The number of piperidine rings is 1. The number of nitrogens with one attached hydrogen (secondary N) is 1. The highest BCUT2D eigenvalue weighted by Crippen LogP contribution is 2.39. The first-order chi connectivity index (χ1) is 13.7. The molecule has 28 heavy (non-hydrogen) atoms. The summed E-state index contributed by atoms with van der Waals surface area (Å²) in [5, 5.41) is 13.4. The second-order valence-corrected chi connectivity index (χ2v) is 7.42. The first-order valence-corrected chi connectivity index (χ1v) is 9.94. The number of para-hydroxylation sites is 3. The summed E-state index contributed by atoms with van der Waals surface area (Å²) in [7, 11) is 1.73. The summed E-state index contributed by atoms with van der Waals surface area (Å²) in [5.41, 5.74) is 1.18. The molecule has 0 unspecified atom stereocenters. The van der Waals surface area contributed by atoms with Gasteiger partial charge in [0.1, 0.15) is 18.5 Å². The van der Waals surface area contributed by atoms with E-state index in [4.69, 9.17) is 14.2 Å². The SMILES string of the molecule is COc1ccccc1N1CCC(CNC[C@H]2COc3cccc(O)c3O2)CC1. The molecular weight excluding hydrogens is 356 g/mol. The average molecular weight is 384 g/mol. The molecule has 0 aliphatic carbocycles. The molecule has 2 aliphatic rings. The second kappa shape index (κ2) is 8.61. The Hall–Kier alpha value is -2.60. The maximum atomic E-state index is 9.92. The minimum atomic E-state index is -0.0885. The van der Waals surface area contributed by atoms with E-state index in [-0.39, 0.29) is 11.9 Å². The number of methoxy groups -OCH3 is 1. The molecule has 1 atom stereocenters. The largest absolute Gasteiger partial charge is 0.504 e. The summed E-state index contributed by atoms with van der Waals surface area (Å²) in [6.07, 6.45) is 2.21. The van der Waals surface area contributed by atoms with Crippen LogP contribution in [0.5, 0.6) is 23.0 Å². The van der Waals surface area contributed by atoms with Gasteiger partial charge in [-0.05, 0) is 49.6 Å². The normalized spacial score (nSPS) is 19.5. The van der Waals surface area contributed by atoms with Crippen LogP contribution in [0.4, 0.5) is 5.69 Å². The molecule has 1 saturated heterocycles. The van der Waals surface area contributed by atoms with Crippen molar-refractivity contribution in [3.63, 3.8) is 0 Å². The Labute approximate surface area is 166 Å². The lowest BCUT2D eigenvalue weighted by atomic mass is 9.96. The standard InChI is InChI=1S/C22H28N2O4/c1-26-20-7-3-2-5-18(20)24-11-9-16(10-12-24)13-23-14-17-15-27-21-8-4-6-19(25)22(21)28-17/h2-8,16-17,23,25H,9-15H2,1H3/t17-/m0/s1. The molecule has 0 amide bonds. The van der Waals surface area contributed by atoms with Crippen molar-refractivity contribution in [2.75, 3.05) is 44.8 Å². The molecule has 0 saturated carbocycles. The molecule has 2 aromatic carbocycles. The average Bonchev–Trinajstić information content (AvgIpc) is 2.75. The number of aromatic hydroxyl groups is 1. The fourth-order valence-electron chi connectivity index (χ4n) is 3.94. The maximum Gasteiger partial charge on any atom is 0.203 e. The van der Waals surface area contributed by atoms with Crippen LogP contribution in [0, 0.1) is 5.92 Å². The molecule has 0 aromatic heterocycles. The van der Waals surface area contributed by atoms with Crippen molar-refractivity contribution in [2.24, 2.45) is 5.92 Å². The maximum absolute atomic E-state index is 9.92. The molecule has 2 N–H and O–H groups in total. The van der Waals surface area contributed by atoms with Gasteiger partial charge in [-0.15, -0.1) is 0 Å². The van der Waals surface area contributed by atoms with Crippen molar-refractivity contribution in [1.29, 1.82) is 0 Å². The highest BCUT2D eigenvalue weighted by Gasteiger charge is 2.25. The van der Waals surface area contributed by atoms with Gasteiger partial charge in [0.25, 0.3) is 0 Å². The number of benzene rings is 2. The van der Waals surface area contributed by atoms with E-state index in [0.29, 0.717) is 30.6 Å². The van der Waals surface area contributed by atoms with E-state index in [1.165, 1.54) is 5.69 Å². The first-order valence-electron chi connectivity index (χ1n) is 9.94. The molecule has 0 bridgehead atoms. The molecule has 0 radical (unpaired) electrons. The Kier molecular flexibility index (Phi) is 5.76. The first kappa shape index (κ1) is 18.7. The minimum Gasteiger partial charge on any atom is -0.504 e. The van der Waals surface area contributed by atoms with E-state index in [1.54, 1.807) is 19.2 Å². The van der Waals surface area contributed by atoms with E-state index in [9.17, 15) is 5.11 Å². The topological polar surface area (TPSA) is 63.2 Å². The molecule has 4 rings (SSSR count). The van der Waals surface area contributed by atoms with Gasteiger partial charge in [0, 0.05) is 19.6 Å². The van der Waals surface area contributed by atoms with Crippen LogP contribution < -0.4 is 24.4 Å². The minimum absolute atomic E-state index is 0.0885. The molecular formula is C22H28N2O4. The predicted octanol–water partition coefficient (Wildman–Crippen LogP) is 3.05. The molecule has 2 heterocycles. The van der Waals surface area contributed by atoms with Crippen LogP contribution in [0.25, 0.3) is 0 Å². The number of phenolic OH excluding ortho intramolecular Hbond substituents is 1. The molecule has 6 nitrogen and oxygen atoms in total. The van der Waals surface area contributed by atoms with Crippen LogP contribution in [0.1, 0.15) is 12.8 Å². The summed E-state index contributed by atoms with van der Waals surface area (Å²) in [4.78, 5) is 2.41. The van der Waals surface area contributed by atoms with Gasteiger partial charge < -0.3 is 29.5 Å². The number of nitrogens with zero attached hydrogens (tertiary/aromatic N) is 1. The Bertz CT molecular complexity index is 790. The number of hydrogen-bond acceptors (Lipinski definition) is 6. The van der Waals surface area contributed by atoms with Gasteiger partial charge in [0.2, 0.25) is 5.75 Å². The van der Waals surface area contributed by atoms with E-state index >= 15 is 0 Å². The summed E-state index contributed by atoms with van der Waals surface area (Å²) < 4.78 is 17.1. The van der Waals surface area contributed by atoms with Gasteiger partial charge in [-0.3, -0.25) is 0 Å². The third kappa shape index (κ3) is 4.12. The number of anilines is 1. The van der Waals surface area contributed by atoms with E-state index in [0.717, 1.165) is 38.2 Å². The van der Waals surface area contributed by atoms with Crippen LogP contribution in [0.3, 0.4) is 0 Å². The third-order valence-electron chi connectivity index (χ3n) is 5.51. The van der Waals surface area contributed by atoms with E-state index in [1.807, 2.05) is 18.2 Å². The molecule has 1 fully saturated rings. The van der Waals surface area contributed by atoms with E-state index in [2.05, 4.69) is 22.3 Å². The summed E-state index contributed by atoms with van der Waals surface area (Å²) in [6.45, 7) is 4.25. The number of phenols is 1. The van der Waals surface area contributed by atoms with Gasteiger partial charge >= 0.3 is 0 Å². The second-order valence-electron chi connectivity index (χ2n) is 7.42. The van der Waals surface area contributed by atoms with Crippen molar-refractivity contribution in [1.82, 2.24) is 5.32 Å². The molecule has 2 aromatic rings. The summed E-state index contributed by atoms with van der Waals surface area (Å²) in [6, 6.07) is 13.4. The monoisotopic (exact) mass is 384 g/mol. The number of fused-ring (bicyclic) bond motifs is 1. The molecule has 150 valence electrons. The van der Waals surface area contributed by atoms with Gasteiger partial charge in [0.05, 0.1) is 12.8 Å². The van der Waals surface area contributed by atoms with Crippen LogP contribution in [-0.2, 0) is 0 Å². The fourth-order valence-corrected chi connectivity index (χ4v) is 3.94. The van der Waals surface area contributed by atoms with E-state index < -0.39 is 0 Å².